The van der Waals surface area contributed by atoms with Crippen LogP contribution in [0.25, 0.3) is 78.2 Å². The number of nitrogens with zero attached hydrogens (tertiary/aromatic N) is 6. The largest absolute Gasteiger partial charge is 0.270 e. The lowest BCUT2D eigenvalue weighted by Crippen LogP contribution is -1.98. The van der Waals surface area contributed by atoms with Crippen molar-refractivity contribution in [3.63, 3.8) is 0 Å². The van der Waals surface area contributed by atoms with Gasteiger partial charge in [-0.25, -0.2) is 19.9 Å². The fraction of sp³-hybridized carbons (Fsp3) is 0. The molecule has 0 radical (unpaired) electrons. The summed E-state index contributed by atoms with van der Waals surface area (Å²) in [6.45, 7) is 0. The number of hydrogen-bond acceptors (Lipinski definition) is 8. The van der Waals surface area contributed by atoms with Gasteiger partial charge in [0.1, 0.15) is 0 Å². The van der Waals surface area contributed by atoms with E-state index in [1.54, 1.807) is 24.3 Å². The lowest BCUT2D eigenvalue weighted by atomic mass is 10.0. The molecule has 8 rings (SSSR count). The molecule has 0 unspecified atom stereocenters. The van der Waals surface area contributed by atoms with Crippen LogP contribution in [0.3, 0.4) is 0 Å². The second kappa shape index (κ2) is 12.4. The summed E-state index contributed by atoms with van der Waals surface area (Å²) >= 11 is 0. The summed E-state index contributed by atoms with van der Waals surface area (Å²) in [6.07, 6.45) is 0. The number of nitro benzene ring substituents is 2. The van der Waals surface area contributed by atoms with Gasteiger partial charge in [-0.2, -0.15) is 0 Å². The molecule has 0 bridgehead atoms. The van der Waals surface area contributed by atoms with Crippen molar-refractivity contribution in [2.45, 2.75) is 0 Å². The van der Waals surface area contributed by atoms with Crippen LogP contribution in [-0.4, -0.2) is 29.8 Å². The zero-order chi connectivity index (χ0) is 34.2. The number of benzene rings is 6. The van der Waals surface area contributed by atoms with Crippen LogP contribution in [0.2, 0.25) is 0 Å². The van der Waals surface area contributed by atoms with E-state index in [0.29, 0.717) is 33.5 Å². The van der Waals surface area contributed by atoms with Crippen molar-refractivity contribution in [3.05, 3.63) is 166 Å². The quantitative estimate of drug-likeness (QED) is 0.122. The molecule has 2 aromatic heterocycles. The molecule has 238 valence electrons. The van der Waals surface area contributed by atoms with Gasteiger partial charge in [-0.15, -0.1) is 0 Å². The van der Waals surface area contributed by atoms with Crippen molar-refractivity contribution >= 4 is 33.4 Å². The van der Waals surface area contributed by atoms with Gasteiger partial charge in [0.15, 0.2) is 0 Å². The van der Waals surface area contributed by atoms with Gasteiger partial charge in [0.2, 0.25) is 0 Å². The molecule has 50 heavy (non-hydrogen) atoms. The van der Waals surface area contributed by atoms with Crippen LogP contribution in [0, 0.1) is 20.2 Å². The summed E-state index contributed by atoms with van der Waals surface area (Å²) in [5, 5.41) is 23.2. The van der Waals surface area contributed by atoms with Crippen LogP contribution in [0.15, 0.2) is 146 Å². The Balaban J connectivity index is 1.28. The maximum Gasteiger partial charge on any atom is 0.270 e. The van der Waals surface area contributed by atoms with Crippen LogP contribution in [0.4, 0.5) is 11.4 Å². The molecule has 0 amide bonds. The van der Waals surface area contributed by atoms with E-state index in [4.69, 9.17) is 19.9 Å². The van der Waals surface area contributed by atoms with E-state index in [9.17, 15) is 20.2 Å². The first-order valence-corrected chi connectivity index (χ1v) is 15.7. The van der Waals surface area contributed by atoms with E-state index >= 15 is 0 Å². The van der Waals surface area contributed by atoms with Gasteiger partial charge in [-0.1, -0.05) is 97.1 Å². The molecule has 0 spiro atoms. The number of fused-ring (bicyclic) bond motifs is 2. The minimum Gasteiger partial charge on any atom is -0.258 e. The monoisotopic (exact) mass is 652 g/mol. The van der Waals surface area contributed by atoms with Gasteiger partial charge in [0.25, 0.3) is 11.4 Å². The average molecular weight is 653 g/mol. The van der Waals surface area contributed by atoms with Gasteiger partial charge in [-0.3, -0.25) is 20.2 Å². The molecule has 0 saturated heterocycles. The second-order valence-electron chi connectivity index (χ2n) is 11.6. The van der Waals surface area contributed by atoms with E-state index in [1.165, 1.54) is 24.3 Å². The molecule has 0 aliphatic heterocycles. The minimum absolute atomic E-state index is 0.101. The number of hydrogen-bond donors (Lipinski definition) is 0. The molecule has 0 aliphatic rings. The predicted molar refractivity (Wildman–Crippen MR) is 193 cm³/mol. The molecule has 0 atom stereocenters. The summed E-state index contributed by atoms with van der Waals surface area (Å²) in [5.41, 5.74) is 9.31. The third-order valence-corrected chi connectivity index (χ3v) is 8.42. The average Bonchev–Trinajstić information content (AvgIpc) is 3.17. The first kappa shape index (κ1) is 30.2. The van der Waals surface area contributed by atoms with E-state index in [2.05, 4.69) is 0 Å². The smallest absolute Gasteiger partial charge is 0.258 e. The van der Waals surface area contributed by atoms with Gasteiger partial charge in [0, 0.05) is 46.5 Å². The molecule has 10 heteroatoms. The van der Waals surface area contributed by atoms with Crippen molar-refractivity contribution < 1.29 is 9.85 Å². The molecule has 0 N–H and O–H groups in total. The predicted octanol–water partition coefficient (Wildman–Crippen LogP) is 9.72. The van der Waals surface area contributed by atoms with Gasteiger partial charge < -0.3 is 0 Å². The highest BCUT2D eigenvalue weighted by Gasteiger charge is 2.19. The van der Waals surface area contributed by atoms with Crippen molar-refractivity contribution in [2.24, 2.45) is 0 Å². The van der Waals surface area contributed by atoms with Crippen LogP contribution < -0.4 is 0 Å². The highest BCUT2D eigenvalue weighted by Crippen LogP contribution is 2.36. The van der Waals surface area contributed by atoms with Crippen LogP contribution in [0.1, 0.15) is 0 Å². The number of nitro groups is 2. The van der Waals surface area contributed by atoms with E-state index in [-0.39, 0.29) is 11.4 Å². The Morgan fingerprint density at radius 2 is 0.700 bits per heavy atom. The Hall–Kier alpha value is -7.20. The van der Waals surface area contributed by atoms with Crippen LogP contribution >= 0.6 is 0 Å². The van der Waals surface area contributed by atoms with E-state index in [0.717, 1.165) is 44.7 Å². The van der Waals surface area contributed by atoms with Crippen molar-refractivity contribution in [3.8, 4) is 56.2 Å². The van der Waals surface area contributed by atoms with Crippen molar-refractivity contribution in [1.29, 1.82) is 0 Å². The van der Waals surface area contributed by atoms with Crippen molar-refractivity contribution in [1.82, 2.24) is 19.9 Å². The number of non-ortho nitro benzene ring substituents is 2. The lowest BCUT2D eigenvalue weighted by molar-refractivity contribution is -0.385. The summed E-state index contributed by atoms with van der Waals surface area (Å²) in [4.78, 5) is 42.3. The normalized spacial score (nSPS) is 11.1. The number of rotatable bonds is 7. The topological polar surface area (TPSA) is 138 Å². The summed E-state index contributed by atoms with van der Waals surface area (Å²) < 4.78 is 0. The molecule has 0 aliphatic carbocycles. The Kier molecular flexibility index (Phi) is 7.50. The zero-order valence-corrected chi connectivity index (χ0v) is 26.2. The minimum atomic E-state index is -0.476. The van der Waals surface area contributed by atoms with Crippen LogP contribution in [-0.2, 0) is 0 Å². The first-order valence-electron chi connectivity index (χ1n) is 15.7. The van der Waals surface area contributed by atoms with E-state index in [1.807, 2.05) is 97.1 Å². The molecule has 0 saturated carbocycles. The van der Waals surface area contributed by atoms with Crippen molar-refractivity contribution in [2.75, 3.05) is 0 Å². The third kappa shape index (κ3) is 5.67. The summed E-state index contributed by atoms with van der Waals surface area (Å²) in [7, 11) is 0. The third-order valence-electron chi connectivity index (χ3n) is 8.42. The molecular formula is C40H24N6O4. The Bertz CT molecular complexity index is 2610. The molecule has 2 heterocycles. The highest BCUT2D eigenvalue weighted by atomic mass is 16.6. The number of aromatic nitrogens is 4. The first-order chi connectivity index (χ1) is 24.4. The zero-order valence-electron chi connectivity index (χ0n) is 26.2. The SMILES string of the molecule is O=[N+]([O-])c1cccc(-c2nc3ccc(-c4ccc5nc(-c6ccccc6)c(-c6ccccc6)nc5c4)cc3nc2-c2cccc([N+](=O)[O-])c2)c1. The van der Waals surface area contributed by atoms with Crippen LogP contribution in [0.5, 0.6) is 0 Å². The molecular weight excluding hydrogens is 628 g/mol. The van der Waals surface area contributed by atoms with Gasteiger partial charge >= 0.3 is 0 Å². The van der Waals surface area contributed by atoms with Gasteiger partial charge in [-0.05, 0) is 35.4 Å². The Labute approximate surface area is 284 Å². The molecule has 6 aromatic carbocycles. The fourth-order valence-corrected chi connectivity index (χ4v) is 6.00. The maximum atomic E-state index is 11.6. The fourth-order valence-electron chi connectivity index (χ4n) is 6.00. The summed E-state index contributed by atoms with van der Waals surface area (Å²) in [6, 6.07) is 43.8. The van der Waals surface area contributed by atoms with E-state index < -0.39 is 9.85 Å². The molecule has 10 nitrogen and oxygen atoms in total. The maximum absolute atomic E-state index is 11.6. The lowest BCUT2D eigenvalue weighted by Gasteiger charge is -2.13. The van der Waals surface area contributed by atoms with Gasteiger partial charge in [0.05, 0.1) is 54.7 Å². The standard InChI is InChI=1S/C40H24N6O4/c47-45(48)31-15-7-13-29(21-31)39-40(30-14-8-16-32(22-30)46(49)50)44-36-24-28(18-20-34(36)42-39)27-17-19-33-35(23-27)43-38(26-11-5-2-6-12-26)37(41-33)25-9-3-1-4-10-25/h1-24H. The summed E-state index contributed by atoms with van der Waals surface area (Å²) in [5.74, 6) is 0. The Morgan fingerprint density at radius 1 is 0.340 bits per heavy atom. The molecule has 8 aromatic rings. The molecule has 0 fully saturated rings. The highest BCUT2D eigenvalue weighted by molar-refractivity contribution is 5.92. The Morgan fingerprint density at radius 3 is 1.10 bits per heavy atom. The second-order valence-corrected chi connectivity index (χ2v) is 11.6.